The van der Waals surface area contributed by atoms with Crippen LogP contribution in [-0.2, 0) is 0 Å². The van der Waals surface area contributed by atoms with Gasteiger partial charge in [-0.3, -0.25) is 0 Å². The van der Waals surface area contributed by atoms with Gasteiger partial charge in [0.1, 0.15) is 0 Å². The number of unbranched alkanes of at least 4 members (excludes halogenated alkanes) is 1. The van der Waals surface area contributed by atoms with E-state index in [2.05, 4.69) is 19.1 Å². The van der Waals surface area contributed by atoms with Gasteiger partial charge in [0.15, 0.2) is 11.6 Å². The molecule has 1 fully saturated rings. The molecule has 0 amide bonds. The molecule has 2 aliphatic rings. The van der Waals surface area contributed by atoms with E-state index in [0.717, 1.165) is 6.42 Å². The molecule has 0 bridgehead atoms. The van der Waals surface area contributed by atoms with Crippen LogP contribution in [0.15, 0.2) is 29.8 Å². The van der Waals surface area contributed by atoms with Crippen molar-refractivity contribution in [2.24, 2.45) is 5.41 Å². The van der Waals surface area contributed by atoms with E-state index in [0.29, 0.717) is 23.7 Å². The van der Waals surface area contributed by atoms with Gasteiger partial charge in [0.2, 0.25) is 0 Å². The lowest BCUT2D eigenvalue weighted by atomic mass is 9.67. The second-order valence-electron chi connectivity index (χ2n) is 9.83. The van der Waals surface area contributed by atoms with Crippen LogP contribution >= 0.6 is 0 Å². The lowest BCUT2D eigenvalue weighted by Crippen LogP contribution is -2.25. The molecule has 30 heavy (non-hydrogen) atoms. The van der Waals surface area contributed by atoms with E-state index in [1.165, 1.54) is 95.5 Å². The number of hydrogen-bond acceptors (Lipinski definition) is 1. The first-order valence-electron chi connectivity index (χ1n) is 12.8. The average Bonchev–Trinajstić information content (AvgIpc) is 2.78. The number of benzene rings is 1. The first-order chi connectivity index (χ1) is 14.7. The summed E-state index contributed by atoms with van der Waals surface area (Å²) in [7, 11) is 0. The first kappa shape index (κ1) is 23.4. The quantitative estimate of drug-likeness (QED) is 0.328. The molecular formula is C28H43FO. The summed E-state index contributed by atoms with van der Waals surface area (Å²) in [6, 6.07) is 5.74. The van der Waals surface area contributed by atoms with E-state index in [1.54, 1.807) is 11.6 Å². The first-order valence-corrected chi connectivity index (χ1v) is 12.8. The van der Waals surface area contributed by atoms with Crippen LogP contribution in [0.4, 0.5) is 4.39 Å². The minimum Gasteiger partial charge on any atom is -0.491 e. The maximum Gasteiger partial charge on any atom is 0.165 e. The fourth-order valence-electron chi connectivity index (χ4n) is 5.80. The minimum atomic E-state index is -0.199. The molecule has 168 valence electrons. The Labute approximate surface area is 184 Å². The molecule has 0 heterocycles. The van der Waals surface area contributed by atoms with Gasteiger partial charge in [-0.15, -0.1) is 0 Å². The summed E-state index contributed by atoms with van der Waals surface area (Å²) >= 11 is 0. The molecule has 0 aromatic heterocycles. The van der Waals surface area contributed by atoms with Gasteiger partial charge in [-0.25, -0.2) is 4.39 Å². The van der Waals surface area contributed by atoms with Gasteiger partial charge < -0.3 is 4.74 Å². The lowest BCUT2D eigenvalue weighted by molar-refractivity contribution is 0.145. The van der Waals surface area contributed by atoms with Crippen LogP contribution in [0.5, 0.6) is 5.75 Å². The third kappa shape index (κ3) is 6.59. The third-order valence-electron chi connectivity index (χ3n) is 7.62. The molecule has 1 nitrogen and oxygen atoms in total. The highest BCUT2D eigenvalue weighted by Gasteiger charge is 2.32. The van der Waals surface area contributed by atoms with Crippen molar-refractivity contribution in [1.82, 2.24) is 0 Å². The van der Waals surface area contributed by atoms with Crippen LogP contribution in [0, 0.1) is 11.2 Å². The van der Waals surface area contributed by atoms with Crippen molar-refractivity contribution in [2.45, 2.75) is 116 Å². The number of halogens is 1. The van der Waals surface area contributed by atoms with E-state index in [4.69, 9.17) is 4.74 Å². The van der Waals surface area contributed by atoms with Crippen LogP contribution in [0.1, 0.15) is 122 Å². The second kappa shape index (κ2) is 11.9. The van der Waals surface area contributed by atoms with Crippen molar-refractivity contribution in [3.63, 3.8) is 0 Å². The maximum absolute atomic E-state index is 14.7. The van der Waals surface area contributed by atoms with Gasteiger partial charge in [0, 0.05) is 0 Å². The summed E-state index contributed by atoms with van der Waals surface area (Å²) in [6.45, 7) is 4.73. The molecule has 0 radical (unpaired) electrons. The molecule has 2 aliphatic carbocycles. The molecule has 3 rings (SSSR count). The molecule has 0 saturated heterocycles. The predicted molar refractivity (Wildman–Crippen MR) is 126 cm³/mol. The molecular weight excluding hydrogens is 371 g/mol. The zero-order valence-corrected chi connectivity index (χ0v) is 19.5. The van der Waals surface area contributed by atoms with Crippen molar-refractivity contribution in [1.29, 1.82) is 0 Å². The SMILES string of the molecule is CCCCC1(CCC(CC2=CCCCC2)c2ccc(OCC)c(F)c2)CCCCC1. The molecule has 1 unspecified atom stereocenters. The second-order valence-corrected chi connectivity index (χ2v) is 9.83. The van der Waals surface area contributed by atoms with Crippen LogP contribution < -0.4 is 4.74 Å². The summed E-state index contributed by atoms with van der Waals surface area (Å²) in [5.41, 5.74) is 3.31. The van der Waals surface area contributed by atoms with Crippen LogP contribution in [-0.4, -0.2) is 6.61 Å². The van der Waals surface area contributed by atoms with E-state index in [-0.39, 0.29) is 5.82 Å². The fraction of sp³-hybridized carbons (Fsp3) is 0.714. The van der Waals surface area contributed by atoms with Gasteiger partial charge in [-0.2, -0.15) is 0 Å². The van der Waals surface area contributed by atoms with Gasteiger partial charge in [0.05, 0.1) is 6.61 Å². The third-order valence-corrected chi connectivity index (χ3v) is 7.62. The lowest BCUT2D eigenvalue weighted by Gasteiger charge is -2.39. The zero-order chi connectivity index (χ0) is 21.2. The van der Waals surface area contributed by atoms with Crippen LogP contribution in [0.3, 0.4) is 0 Å². The van der Waals surface area contributed by atoms with E-state index in [9.17, 15) is 4.39 Å². The summed E-state index contributed by atoms with van der Waals surface area (Å²) in [5.74, 6) is 0.624. The Bertz CT molecular complexity index is 671. The van der Waals surface area contributed by atoms with Crippen molar-refractivity contribution < 1.29 is 9.13 Å². The highest BCUT2D eigenvalue weighted by molar-refractivity contribution is 5.32. The summed E-state index contributed by atoms with van der Waals surface area (Å²) in [6.07, 6.45) is 22.2. The number of hydrogen-bond donors (Lipinski definition) is 0. The van der Waals surface area contributed by atoms with Gasteiger partial charge in [-0.05, 0) is 100 Å². The normalized spacial score (nSPS) is 19.9. The Morgan fingerprint density at radius 1 is 1.03 bits per heavy atom. The summed E-state index contributed by atoms with van der Waals surface area (Å²) < 4.78 is 20.1. The van der Waals surface area contributed by atoms with E-state index >= 15 is 0 Å². The van der Waals surface area contributed by atoms with Gasteiger partial charge in [0.25, 0.3) is 0 Å². The Morgan fingerprint density at radius 3 is 2.53 bits per heavy atom. The molecule has 0 N–H and O–H groups in total. The largest absolute Gasteiger partial charge is 0.491 e. The van der Waals surface area contributed by atoms with Crippen molar-refractivity contribution in [3.05, 3.63) is 41.2 Å². The van der Waals surface area contributed by atoms with Gasteiger partial charge in [-0.1, -0.05) is 56.7 Å². The molecule has 1 aromatic rings. The Balaban J connectivity index is 1.76. The average molecular weight is 415 g/mol. The topological polar surface area (TPSA) is 9.23 Å². The number of allylic oxidation sites excluding steroid dienone is 2. The Hall–Kier alpha value is -1.31. The highest BCUT2D eigenvalue weighted by Crippen LogP contribution is 2.47. The van der Waals surface area contributed by atoms with Gasteiger partial charge >= 0.3 is 0 Å². The highest BCUT2D eigenvalue weighted by atomic mass is 19.1. The minimum absolute atomic E-state index is 0.199. The van der Waals surface area contributed by atoms with Crippen molar-refractivity contribution >= 4 is 0 Å². The molecule has 0 aliphatic heterocycles. The predicted octanol–water partition coefficient (Wildman–Crippen LogP) is 9.12. The van der Waals surface area contributed by atoms with Crippen molar-refractivity contribution in [3.8, 4) is 5.75 Å². The monoisotopic (exact) mass is 414 g/mol. The smallest absolute Gasteiger partial charge is 0.165 e. The van der Waals surface area contributed by atoms with E-state index in [1.807, 2.05) is 13.0 Å². The molecule has 1 saturated carbocycles. The number of rotatable bonds is 11. The van der Waals surface area contributed by atoms with Crippen LogP contribution in [0.2, 0.25) is 0 Å². The Kier molecular flexibility index (Phi) is 9.27. The van der Waals surface area contributed by atoms with Crippen molar-refractivity contribution in [2.75, 3.05) is 6.61 Å². The molecule has 0 spiro atoms. The Morgan fingerprint density at radius 2 is 1.87 bits per heavy atom. The number of ether oxygens (including phenoxy) is 1. The van der Waals surface area contributed by atoms with Crippen LogP contribution in [0.25, 0.3) is 0 Å². The molecule has 1 aromatic carbocycles. The zero-order valence-electron chi connectivity index (χ0n) is 19.5. The molecule has 1 atom stereocenters. The van der Waals surface area contributed by atoms with E-state index < -0.39 is 0 Å². The summed E-state index contributed by atoms with van der Waals surface area (Å²) in [4.78, 5) is 0. The summed E-state index contributed by atoms with van der Waals surface area (Å²) in [5, 5.41) is 0. The maximum atomic E-state index is 14.7. The standard InChI is InChI=1S/C28H43FO/c1-3-5-17-28(18-10-7-11-19-28)20-16-25(21-23-12-8-6-9-13-23)24-14-15-27(30-4-2)26(29)22-24/h12,14-15,22,25H,3-11,13,16-21H2,1-2H3. The molecule has 2 heteroatoms. The fourth-order valence-corrected chi connectivity index (χ4v) is 5.80.